The van der Waals surface area contributed by atoms with Crippen molar-refractivity contribution in [2.45, 2.75) is 156 Å². The predicted octanol–water partition coefficient (Wildman–Crippen LogP) is 16.2. The Morgan fingerprint density at radius 2 is 0.943 bits per heavy atom. The van der Waals surface area contributed by atoms with Crippen LogP contribution in [0.5, 0.6) is 0 Å². The van der Waals surface area contributed by atoms with Crippen molar-refractivity contribution in [3.63, 3.8) is 0 Å². The Kier molecular flexibility index (Phi) is 13.5. The van der Waals surface area contributed by atoms with Gasteiger partial charge in [-0.05, 0) is 71.5 Å². The van der Waals surface area contributed by atoms with E-state index in [2.05, 4.69) is 106 Å². The van der Waals surface area contributed by atoms with Gasteiger partial charge in [-0.3, -0.25) is 0 Å². The van der Waals surface area contributed by atoms with E-state index in [1.165, 1.54) is 180 Å². The summed E-state index contributed by atoms with van der Waals surface area (Å²) in [5.41, 5.74) is 9.96. The zero-order chi connectivity index (χ0) is 36.4. The zero-order valence-corrected chi connectivity index (χ0v) is 34.6. The molecule has 53 heavy (non-hydrogen) atoms. The molecule has 0 unspecified atom stereocenters. The zero-order valence-electron chi connectivity index (χ0n) is 32.9. The lowest BCUT2D eigenvalue weighted by atomic mass is 10.1. The Hall–Kier alpha value is -3.28. The molecule has 7 rings (SSSR count). The first-order chi connectivity index (χ1) is 26.2. The maximum Gasteiger partial charge on any atom is 0.123 e. The number of hydrogen-bond donors (Lipinski definition) is 0. The van der Waals surface area contributed by atoms with Crippen LogP contribution in [-0.4, -0.2) is 13.7 Å². The molecule has 0 aliphatic rings. The van der Waals surface area contributed by atoms with E-state index in [0.29, 0.717) is 0 Å². The van der Waals surface area contributed by atoms with Gasteiger partial charge in [-0.1, -0.05) is 147 Å². The summed E-state index contributed by atoms with van der Waals surface area (Å²) in [5, 5.41) is 8.80. The topological polar surface area (TPSA) is 14.8 Å². The molecule has 5 heterocycles. The molecule has 0 fully saturated rings. The first-order valence-corrected chi connectivity index (χ1v) is 23.2. The van der Waals surface area contributed by atoms with Crippen LogP contribution < -0.4 is 0 Å². The number of hydrogen-bond acceptors (Lipinski definition) is 2. The Morgan fingerprint density at radius 3 is 1.51 bits per heavy atom. The van der Waals surface area contributed by atoms with Crippen molar-refractivity contribution in [3.05, 3.63) is 71.4 Å². The van der Waals surface area contributed by atoms with E-state index in [9.17, 15) is 0 Å². The molecule has 0 N–H and O–H groups in total. The highest BCUT2D eigenvalue weighted by atomic mass is 32.1. The highest BCUT2D eigenvalue weighted by Gasteiger charge is 2.26. The Labute approximate surface area is 327 Å². The smallest absolute Gasteiger partial charge is 0.123 e. The Morgan fingerprint density at radius 1 is 0.434 bits per heavy atom. The minimum absolute atomic E-state index is 1.08. The number of rotatable bonds is 23. The number of nitrogens with zero attached hydrogens (tertiary/aromatic N) is 3. The fourth-order valence-corrected chi connectivity index (χ4v) is 10.3. The third-order valence-corrected chi connectivity index (χ3v) is 13.5. The van der Waals surface area contributed by atoms with Gasteiger partial charge >= 0.3 is 0 Å². The maximum absolute atomic E-state index is 2.81. The number of thiophene rings is 2. The van der Waals surface area contributed by atoms with E-state index in [1.807, 2.05) is 22.7 Å². The van der Waals surface area contributed by atoms with Crippen molar-refractivity contribution < 1.29 is 0 Å². The summed E-state index contributed by atoms with van der Waals surface area (Å²) in [6.07, 6.45) is 23.7. The number of benzene rings is 2. The largest absolute Gasteiger partial charge is 0.339 e. The highest BCUT2D eigenvalue weighted by molar-refractivity contribution is 7.13. The average molecular weight is 746 g/mol. The van der Waals surface area contributed by atoms with E-state index in [-0.39, 0.29) is 0 Å². The van der Waals surface area contributed by atoms with Crippen molar-refractivity contribution >= 4 is 66.5 Å². The highest BCUT2D eigenvalue weighted by Crippen LogP contribution is 2.45. The molecular formula is C48H63N3S2. The first kappa shape index (κ1) is 38.0. The molecule has 0 radical (unpaired) electrons. The van der Waals surface area contributed by atoms with Crippen LogP contribution in [0.4, 0.5) is 0 Å². The lowest BCUT2D eigenvalue weighted by molar-refractivity contribution is 0.553. The van der Waals surface area contributed by atoms with E-state index in [4.69, 9.17) is 0 Å². The van der Waals surface area contributed by atoms with E-state index < -0.39 is 0 Å². The monoisotopic (exact) mass is 745 g/mol. The summed E-state index contributed by atoms with van der Waals surface area (Å²) in [5.74, 6) is 0. The van der Waals surface area contributed by atoms with Crippen LogP contribution in [0.15, 0.2) is 71.4 Å². The summed E-state index contributed by atoms with van der Waals surface area (Å²) >= 11 is 3.71. The number of unbranched alkanes of at least 4 members (excludes halogenated alkanes) is 15. The second-order valence-electron chi connectivity index (χ2n) is 15.6. The minimum atomic E-state index is 1.08. The van der Waals surface area contributed by atoms with Crippen molar-refractivity contribution in [1.82, 2.24) is 13.7 Å². The first-order valence-electron chi connectivity index (χ1n) is 21.4. The molecule has 2 aromatic carbocycles. The van der Waals surface area contributed by atoms with E-state index >= 15 is 0 Å². The Balaban J connectivity index is 1.42. The van der Waals surface area contributed by atoms with E-state index in [0.717, 1.165) is 19.6 Å². The van der Waals surface area contributed by atoms with Crippen molar-refractivity contribution in [2.75, 3.05) is 0 Å². The molecule has 0 saturated heterocycles. The van der Waals surface area contributed by atoms with Crippen LogP contribution in [0, 0.1) is 0 Å². The van der Waals surface area contributed by atoms with Crippen molar-refractivity contribution in [2.24, 2.45) is 0 Å². The van der Waals surface area contributed by atoms with Gasteiger partial charge in [-0.15, -0.1) is 22.7 Å². The van der Waals surface area contributed by atoms with Gasteiger partial charge in [0.05, 0.1) is 27.5 Å². The van der Waals surface area contributed by atoms with Crippen LogP contribution >= 0.6 is 22.7 Å². The van der Waals surface area contributed by atoms with Gasteiger partial charge in [-0.2, -0.15) is 0 Å². The normalized spacial score (nSPS) is 12.1. The third-order valence-electron chi connectivity index (χ3n) is 11.7. The second-order valence-corrected chi connectivity index (χ2v) is 17.5. The second kappa shape index (κ2) is 18.8. The average Bonchev–Trinajstić information content (AvgIpc) is 4.03. The van der Waals surface area contributed by atoms with Crippen LogP contribution in [0.1, 0.15) is 136 Å². The molecule has 5 aromatic heterocycles. The van der Waals surface area contributed by atoms with Gasteiger partial charge in [0.25, 0.3) is 0 Å². The summed E-state index contributed by atoms with van der Waals surface area (Å²) in [7, 11) is 0. The van der Waals surface area contributed by atoms with Gasteiger partial charge in [0.1, 0.15) is 5.65 Å². The number of fused-ring (bicyclic) bond motifs is 7. The molecule has 0 aliphatic carbocycles. The van der Waals surface area contributed by atoms with Crippen molar-refractivity contribution in [3.8, 4) is 20.9 Å². The lowest BCUT2D eigenvalue weighted by Crippen LogP contribution is -2.06. The van der Waals surface area contributed by atoms with Crippen LogP contribution in [-0.2, 0) is 19.6 Å². The minimum Gasteiger partial charge on any atom is -0.339 e. The molecule has 0 saturated carbocycles. The molecule has 0 atom stereocenters. The molecule has 7 aromatic rings. The number of aromatic nitrogens is 3. The van der Waals surface area contributed by atoms with Gasteiger partial charge in [0, 0.05) is 40.2 Å². The quantitative estimate of drug-likeness (QED) is 0.0579. The fourth-order valence-electron chi connectivity index (χ4n) is 8.84. The number of aryl methyl sites for hydroxylation is 3. The van der Waals surface area contributed by atoms with Crippen LogP contribution in [0.25, 0.3) is 64.8 Å². The molecule has 282 valence electrons. The van der Waals surface area contributed by atoms with Crippen LogP contribution in [0.3, 0.4) is 0 Å². The summed E-state index contributed by atoms with van der Waals surface area (Å²) in [4.78, 5) is 2.73. The SMILES string of the molecule is CCCCCCCCn1c2ccc(-c3cccs3)cc2c2c1c1c3ccc(-c4cccs4)cc3n(CCCCCCCC)c1n2CCCCCCCC. The standard InChI is InChI=1S/C48H63N3S2/c1-4-7-10-13-16-19-30-49-41-29-27-37(43-24-22-33-52-43)35-40(41)46-47(49)45-39-28-26-38(44-25-23-34-53-44)36-42(39)50(31-20-17-14-11-8-5-2)48(45)51(46)32-21-18-15-12-9-6-3/h22-29,33-36H,4-21,30-32H2,1-3H3. The molecule has 0 spiro atoms. The molecule has 0 bridgehead atoms. The van der Waals surface area contributed by atoms with Crippen LogP contribution in [0.2, 0.25) is 0 Å². The van der Waals surface area contributed by atoms with Gasteiger partial charge in [-0.25, -0.2) is 0 Å². The maximum atomic E-state index is 2.81. The summed E-state index contributed by atoms with van der Waals surface area (Å²) in [6, 6.07) is 23.7. The van der Waals surface area contributed by atoms with Gasteiger partial charge < -0.3 is 13.7 Å². The van der Waals surface area contributed by atoms with Crippen molar-refractivity contribution in [1.29, 1.82) is 0 Å². The predicted molar refractivity (Wildman–Crippen MR) is 237 cm³/mol. The molecule has 3 nitrogen and oxygen atoms in total. The molecule has 0 amide bonds. The fraction of sp³-hybridized carbons (Fsp3) is 0.500. The molecule has 5 heteroatoms. The van der Waals surface area contributed by atoms with Gasteiger partial charge in [0.15, 0.2) is 0 Å². The third kappa shape index (κ3) is 8.37. The lowest BCUT2D eigenvalue weighted by Gasteiger charge is -2.13. The molecule has 0 aliphatic heterocycles. The molecular weight excluding hydrogens is 683 g/mol. The van der Waals surface area contributed by atoms with Gasteiger partial charge in [0.2, 0.25) is 0 Å². The summed E-state index contributed by atoms with van der Waals surface area (Å²) in [6.45, 7) is 10.2. The summed E-state index contributed by atoms with van der Waals surface area (Å²) < 4.78 is 8.33. The van der Waals surface area contributed by atoms with E-state index in [1.54, 1.807) is 0 Å². The Bertz CT molecular complexity index is 2160.